The number of allylic oxidation sites excluding steroid dienone is 1. The van der Waals surface area contributed by atoms with Crippen molar-refractivity contribution >= 4 is 21.2 Å². The van der Waals surface area contributed by atoms with Gasteiger partial charge < -0.3 is 8.85 Å². The quantitative estimate of drug-likeness (QED) is 0.607. The van der Waals surface area contributed by atoms with E-state index in [-0.39, 0.29) is 0 Å². The molecule has 0 spiro atoms. The lowest BCUT2D eigenvalue weighted by molar-refractivity contribution is 0.0604. The fourth-order valence-corrected chi connectivity index (χ4v) is 3.04. The number of carbonyl (C=O) groups excluding carboxylic acids is 2. The van der Waals surface area contributed by atoms with Crippen LogP contribution >= 0.6 is 0 Å². The second-order valence-electron chi connectivity index (χ2n) is 4.50. The normalized spacial score (nSPS) is 10.0. The first-order valence-electron chi connectivity index (χ1n) is 6.83. The van der Waals surface area contributed by atoms with Crippen molar-refractivity contribution in [1.82, 2.24) is 0 Å². The van der Waals surface area contributed by atoms with Gasteiger partial charge in [-0.15, -0.1) is 6.58 Å². The van der Waals surface area contributed by atoms with Crippen LogP contribution in [0, 0.1) is 0 Å². The number of hydrogen-bond acceptors (Lipinski definition) is 4. The fraction of sp³-hybridized carbons (Fsp3) is 0.0588. The lowest BCUT2D eigenvalue weighted by Crippen LogP contribution is -2.28. The van der Waals surface area contributed by atoms with Gasteiger partial charge in [0.15, 0.2) is 0 Å². The number of rotatable bonds is 6. The third-order valence-corrected chi connectivity index (χ3v) is 4.53. The molecular weight excluding hydrogens is 296 g/mol. The monoisotopic (exact) mass is 312 g/mol. The van der Waals surface area contributed by atoms with Gasteiger partial charge >= 0.3 is 21.2 Å². The van der Waals surface area contributed by atoms with Gasteiger partial charge in [0.1, 0.15) is 0 Å². The molecule has 0 unspecified atom stereocenters. The maximum Gasteiger partial charge on any atom is 0.452 e. The Bertz CT molecular complexity index is 587. The average molecular weight is 312 g/mol. The molecule has 0 aliphatic rings. The molecule has 0 atom stereocenters. The van der Waals surface area contributed by atoms with Gasteiger partial charge in [-0.05, 0) is 24.3 Å². The standard InChI is InChI=1S/C17H16O4Si/c1-2-13-22(20-16(18)14-9-5-3-6-10-14)21-17(19)15-11-7-4-8-12-15/h2-12,22H,1,13H2. The summed E-state index contributed by atoms with van der Waals surface area (Å²) in [5.41, 5.74) is 0.861. The maximum absolute atomic E-state index is 12.0. The predicted molar refractivity (Wildman–Crippen MR) is 85.9 cm³/mol. The SMILES string of the molecule is C=CC[SiH](OC(=O)c1ccccc1)OC(=O)c1ccccc1. The zero-order valence-corrected chi connectivity index (χ0v) is 13.1. The van der Waals surface area contributed by atoms with E-state index in [0.29, 0.717) is 17.2 Å². The molecule has 0 aliphatic carbocycles. The molecule has 2 rings (SSSR count). The minimum Gasteiger partial charge on any atom is -0.483 e. The van der Waals surface area contributed by atoms with Gasteiger partial charge in [0.25, 0.3) is 0 Å². The van der Waals surface area contributed by atoms with Crippen LogP contribution in [0.15, 0.2) is 73.3 Å². The summed E-state index contributed by atoms with van der Waals surface area (Å²) in [7, 11) is -2.51. The molecule has 5 heteroatoms. The van der Waals surface area contributed by atoms with Crippen molar-refractivity contribution < 1.29 is 18.4 Å². The highest BCUT2D eigenvalue weighted by Crippen LogP contribution is 2.09. The summed E-state index contributed by atoms with van der Waals surface area (Å²) in [6.07, 6.45) is 1.59. The van der Waals surface area contributed by atoms with E-state index >= 15 is 0 Å². The molecule has 0 heterocycles. The van der Waals surface area contributed by atoms with Crippen LogP contribution in [0.25, 0.3) is 0 Å². The summed E-state index contributed by atoms with van der Waals surface area (Å²) in [5, 5.41) is 0. The molecule has 0 fully saturated rings. The highest BCUT2D eigenvalue weighted by molar-refractivity contribution is 6.50. The number of benzene rings is 2. The molecule has 2 aromatic rings. The summed E-state index contributed by atoms with van der Waals surface area (Å²) >= 11 is 0. The molecule has 4 nitrogen and oxygen atoms in total. The van der Waals surface area contributed by atoms with Crippen LogP contribution in [-0.2, 0) is 8.85 Å². The van der Waals surface area contributed by atoms with E-state index in [1.165, 1.54) is 0 Å². The van der Waals surface area contributed by atoms with E-state index in [4.69, 9.17) is 8.85 Å². The zero-order valence-electron chi connectivity index (χ0n) is 12.0. The number of carbonyl (C=O) groups is 2. The first-order valence-corrected chi connectivity index (χ1v) is 8.59. The van der Waals surface area contributed by atoms with Gasteiger partial charge in [-0.25, -0.2) is 9.59 Å². The highest BCUT2D eigenvalue weighted by atomic mass is 28.3. The lowest BCUT2D eigenvalue weighted by atomic mass is 10.2. The van der Waals surface area contributed by atoms with Crippen LogP contribution in [0.1, 0.15) is 20.7 Å². The largest absolute Gasteiger partial charge is 0.483 e. The van der Waals surface area contributed by atoms with Crippen molar-refractivity contribution in [1.29, 1.82) is 0 Å². The third-order valence-electron chi connectivity index (χ3n) is 2.86. The first kappa shape index (κ1) is 15.7. The van der Waals surface area contributed by atoms with E-state index < -0.39 is 21.2 Å². The predicted octanol–water partition coefficient (Wildman–Crippen LogP) is 3.11. The van der Waals surface area contributed by atoms with Crippen molar-refractivity contribution in [3.05, 3.63) is 84.4 Å². The Balaban J connectivity index is 2.02. The van der Waals surface area contributed by atoms with Crippen LogP contribution in [0.4, 0.5) is 0 Å². The van der Waals surface area contributed by atoms with Crippen molar-refractivity contribution in [2.45, 2.75) is 6.04 Å². The number of hydrogen-bond donors (Lipinski definition) is 0. The van der Waals surface area contributed by atoms with E-state index in [2.05, 4.69) is 6.58 Å². The van der Waals surface area contributed by atoms with Gasteiger partial charge in [-0.1, -0.05) is 42.5 Å². The molecule has 0 aromatic heterocycles. The summed E-state index contributed by atoms with van der Waals surface area (Å²) in [4.78, 5) is 24.1. The van der Waals surface area contributed by atoms with Gasteiger partial charge in [0.05, 0.1) is 11.1 Å². The Kier molecular flexibility index (Phi) is 5.68. The molecule has 0 amide bonds. The average Bonchev–Trinajstić information content (AvgIpc) is 2.56. The second kappa shape index (κ2) is 7.95. The summed E-state index contributed by atoms with van der Waals surface area (Å²) in [6.45, 7) is 3.61. The molecule has 0 radical (unpaired) electrons. The molecular formula is C17H16O4Si. The van der Waals surface area contributed by atoms with Gasteiger partial charge in [0.2, 0.25) is 0 Å². The minimum atomic E-state index is -2.51. The Morgan fingerprint density at radius 3 is 1.64 bits per heavy atom. The van der Waals surface area contributed by atoms with Crippen molar-refractivity contribution in [2.24, 2.45) is 0 Å². The highest BCUT2D eigenvalue weighted by Gasteiger charge is 2.23. The van der Waals surface area contributed by atoms with E-state index in [0.717, 1.165) is 0 Å². The summed E-state index contributed by atoms with van der Waals surface area (Å²) < 4.78 is 10.7. The molecule has 0 N–H and O–H groups in total. The van der Waals surface area contributed by atoms with Crippen LogP contribution in [0.5, 0.6) is 0 Å². The van der Waals surface area contributed by atoms with Crippen LogP contribution in [0.2, 0.25) is 6.04 Å². The minimum absolute atomic E-state index is 0.358. The zero-order chi connectivity index (χ0) is 15.8. The molecule has 0 aliphatic heterocycles. The van der Waals surface area contributed by atoms with Crippen molar-refractivity contribution in [3.63, 3.8) is 0 Å². The third kappa shape index (κ3) is 4.42. The summed E-state index contributed by atoms with van der Waals surface area (Å²) in [6, 6.07) is 17.6. The van der Waals surface area contributed by atoms with Gasteiger partial charge in [-0.2, -0.15) is 0 Å². The molecule has 112 valence electrons. The first-order chi connectivity index (χ1) is 10.7. The summed E-state index contributed by atoms with van der Waals surface area (Å²) in [5.74, 6) is -0.972. The lowest BCUT2D eigenvalue weighted by Gasteiger charge is -2.15. The molecule has 0 saturated heterocycles. The smallest absolute Gasteiger partial charge is 0.452 e. The van der Waals surface area contributed by atoms with Crippen molar-refractivity contribution in [3.8, 4) is 0 Å². The second-order valence-corrected chi connectivity index (χ2v) is 6.30. The van der Waals surface area contributed by atoms with Crippen LogP contribution in [0.3, 0.4) is 0 Å². The van der Waals surface area contributed by atoms with Crippen LogP contribution < -0.4 is 0 Å². The maximum atomic E-state index is 12.0. The fourth-order valence-electron chi connectivity index (χ4n) is 1.78. The van der Waals surface area contributed by atoms with Crippen LogP contribution in [-0.4, -0.2) is 21.2 Å². The van der Waals surface area contributed by atoms with E-state index in [1.54, 1.807) is 54.6 Å². The molecule has 2 aromatic carbocycles. The Morgan fingerprint density at radius 1 is 0.864 bits per heavy atom. The van der Waals surface area contributed by atoms with E-state index in [9.17, 15) is 9.59 Å². The van der Waals surface area contributed by atoms with Gasteiger partial charge in [0, 0.05) is 6.04 Å². The topological polar surface area (TPSA) is 52.6 Å². The molecule has 0 saturated carbocycles. The van der Waals surface area contributed by atoms with Crippen molar-refractivity contribution in [2.75, 3.05) is 0 Å². The Hall–Kier alpha value is -2.66. The molecule has 0 bridgehead atoms. The molecule has 22 heavy (non-hydrogen) atoms. The van der Waals surface area contributed by atoms with Gasteiger partial charge in [-0.3, -0.25) is 0 Å². The Morgan fingerprint density at radius 2 is 1.27 bits per heavy atom. The van der Waals surface area contributed by atoms with E-state index in [1.807, 2.05) is 12.1 Å². The Labute approximate surface area is 130 Å².